The maximum Gasteiger partial charge on any atom is 0.332 e. The van der Waals surface area contributed by atoms with Crippen LogP contribution in [-0.2, 0) is 36.8 Å². The lowest BCUT2D eigenvalue weighted by Gasteiger charge is -2.29. The van der Waals surface area contributed by atoms with E-state index in [-0.39, 0.29) is 30.4 Å². The minimum atomic E-state index is -1.31. The molecule has 10 heteroatoms. The van der Waals surface area contributed by atoms with E-state index in [4.69, 9.17) is 23.7 Å². The number of rotatable bonds is 11. The van der Waals surface area contributed by atoms with Crippen molar-refractivity contribution >= 4 is 17.8 Å². The first-order chi connectivity index (χ1) is 20.4. The van der Waals surface area contributed by atoms with Gasteiger partial charge in [-0.3, -0.25) is 9.59 Å². The van der Waals surface area contributed by atoms with Gasteiger partial charge in [0.2, 0.25) is 0 Å². The first-order valence-corrected chi connectivity index (χ1v) is 13.5. The van der Waals surface area contributed by atoms with E-state index in [0.717, 1.165) is 11.1 Å². The summed E-state index contributed by atoms with van der Waals surface area (Å²) in [4.78, 5) is 44.2. The topological polar surface area (TPSA) is 122 Å². The molecule has 0 unspecified atom stereocenters. The summed E-state index contributed by atoms with van der Waals surface area (Å²) in [6.45, 7) is 5.16. The van der Waals surface area contributed by atoms with E-state index < -0.39 is 48.6 Å². The molecule has 0 saturated carbocycles. The van der Waals surface area contributed by atoms with Crippen LogP contribution in [0.4, 0.5) is 0 Å². The fourth-order valence-electron chi connectivity index (χ4n) is 4.58. The second-order valence-electron chi connectivity index (χ2n) is 9.65. The number of carbonyl (C=O) groups is 3. The summed E-state index contributed by atoms with van der Waals surface area (Å²) in [5.74, 6) is -2.49. The number of nitrogens with zero attached hydrogens (tertiary/aromatic N) is 1. The van der Waals surface area contributed by atoms with Crippen molar-refractivity contribution in [3.05, 3.63) is 102 Å². The molecule has 4 rings (SSSR count). The quantitative estimate of drug-likeness (QED) is 0.270. The van der Waals surface area contributed by atoms with Crippen LogP contribution in [0.15, 0.2) is 85.6 Å². The molecule has 2 heterocycles. The summed E-state index contributed by atoms with van der Waals surface area (Å²) in [7, 11) is 1.44. The van der Waals surface area contributed by atoms with E-state index in [1.807, 2.05) is 60.7 Å². The highest BCUT2D eigenvalue weighted by Gasteiger charge is 2.40. The zero-order valence-electron chi connectivity index (χ0n) is 23.6. The number of nitrogens with one attached hydrogen (secondary N) is 1. The number of benzene rings is 2. The molecule has 1 aromatic heterocycles. The molecule has 2 aromatic carbocycles. The second kappa shape index (κ2) is 14.8. The predicted octanol–water partition coefficient (Wildman–Crippen LogP) is 3.69. The first-order valence-electron chi connectivity index (χ1n) is 13.5. The minimum absolute atomic E-state index is 0.101. The van der Waals surface area contributed by atoms with Gasteiger partial charge in [0.15, 0.2) is 23.2 Å². The first kappa shape index (κ1) is 30.3. The van der Waals surface area contributed by atoms with E-state index >= 15 is 0 Å². The molecule has 1 fully saturated rings. The molecule has 1 amide bonds. The van der Waals surface area contributed by atoms with Gasteiger partial charge in [0, 0.05) is 12.3 Å². The summed E-state index contributed by atoms with van der Waals surface area (Å²) in [5, 5.41) is 2.59. The number of amides is 1. The molecule has 1 N–H and O–H groups in total. The highest BCUT2D eigenvalue weighted by molar-refractivity contribution is 5.98. The van der Waals surface area contributed by atoms with E-state index in [0.29, 0.717) is 6.42 Å². The van der Waals surface area contributed by atoms with Gasteiger partial charge in [-0.05, 0) is 24.5 Å². The Labute approximate surface area is 244 Å². The fourth-order valence-corrected chi connectivity index (χ4v) is 4.58. The van der Waals surface area contributed by atoms with Crippen molar-refractivity contribution in [2.75, 3.05) is 20.3 Å². The zero-order chi connectivity index (χ0) is 29.9. The Hall–Kier alpha value is -4.70. The molecule has 3 aromatic rings. The number of cyclic esters (lactones) is 2. The number of carbonyl (C=O) groups excluding carboxylic acids is 3. The van der Waals surface area contributed by atoms with Gasteiger partial charge in [-0.15, -0.1) is 6.58 Å². The van der Waals surface area contributed by atoms with Crippen LogP contribution in [0.2, 0.25) is 0 Å². The van der Waals surface area contributed by atoms with Crippen molar-refractivity contribution in [2.45, 2.75) is 38.2 Å². The Bertz CT molecular complexity index is 1370. The highest BCUT2D eigenvalue weighted by Crippen LogP contribution is 2.30. The Morgan fingerprint density at radius 3 is 2.40 bits per heavy atom. The fraction of sp³-hybridized carbons (Fsp3) is 0.312. The standard InChI is InChI=1S/C32H34N2O8/c1-4-17-39-28-21(2)42-32(37)25(20-41-31(36)24(28)18-22-11-7-5-8-12-22)34-30(35)27-29(26(38-3)15-16-33-27)40-19-23-13-9-6-10-14-23/h4-16,21,24-25,28H,1,17-20H2,2-3H3,(H,34,35)/t21-,24+,25-,28-/m0/s1. The van der Waals surface area contributed by atoms with Crippen LogP contribution in [0, 0.1) is 5.92 Å². The van der Waals surface area contributed by atoms with Crippen LogP contribution in [0.1, 0.15) is 28.5 Å². The van der Waals surface area contributed by atoms with E-state index in [1.165, 1.54) is 13.3 Å². The van der Waals surface area contributed by atoms with E-state index in [9.17, 15) is 14.4 Å². The van der Waals surface area contributed by atoms with Crippen LogP contribution >= 0.6 is 0 Å². The van der Waals surface area contributed by atoms with Gasteiger partial charge in [0.25, 0.3) is 5.91 Å². The van der Waals surface area contributed by atoms with Gasteiger partial charge in [0.1, 0.15) is 25.4 Å². The number of hydrogen-bond donors (Lipinski definition) is 1. The van der Waals surface area contributed by atoms with Gasteiger partial charge in [-0.2, -0.15) is 0 Å². The molecule has 4 atom stereocenters. The molecule has 0 aliphatic carbocycles. The monoisotopic (exact) mass is 574 g/mol. The Morgan fingerprint density at radius 1 is 1.05 bits per heavy atom. The smallest absolute Gasteiger partial charge is 0.332 e. The van der Waals surface area contributed by atoms with Gasteiger partial charge in [0.05, 0.1) is 19.6 Å². The highest BCUT2D eigenvalue weighted by atomic mass is 16.6. The molecule has 10 nitrogen and oxygen atoms in total. The average molecular weight is 575 g/mol. The Balaban J connectivity index is 1.54. The Kier molecular flexibility index (Phi) is 10.7. The van der Waals surface area contributed by atoms with Gasteiger partial charge in [-0.1, -0.05) is 66.7 Å². The average Bonchev–Trinajstić information content (AvgIpc) is 3.05. The van der Waals surface area contributed by atoms with Crippen LogP contribution in [-0.4, -0.2) is 61.4 Å². The Morgan fingerprint density at radius 2 is 1.74 bits per heavy atom. The molecule has 0 bridgehead atoms. The van der Waals surface area contributed by atoms with Crippen LogP contribution < -0.4 is 14.8 Å². The third-order valence-corrected chi connectivity index (χ3v) is 6.68. The van der Waals surface area contributed by atoms with E-state index in [1.54, 1.807) is 19.1 Å². The number of methoxy groups -OCH3 is 1. The molecule has 1 aliphatic rings. The molecule has 1 saturated heterocycles. The van der Waals surface area contributed by atoms with Crippen molar-refractivity contribution < 1.29 is 38.1 Å². The van der Waals surface area contributed by atoms with Crippen LogP contribution in [0.5, 0.6) is 11.5 Å². The largest absolute Gasteiger partial charge is 0.493 e. The summed E-state index contributed by atoms with van der Waals surface area (Å²) < 4.78 is 28.5. The van der Waals surface area contributed by atoms with E-state index in [2.05, 4.69) is 16.9 Å². The van der Waals surface area contributed by atoms with Crippen LogP contribution in [0.25, 0.3) is 0 Å². The van der Waals surface area contributed by atoms with Crippen molar-refractivity contribution in [3.63, 3.8) is 0 Å². The molecular formula is C32H34N2O8. The molecule has 0 spiro atoms. The van der Waals surface area contributed by atoms with Gasteiger partial charge >= 0.3 is 11.9 Å². The van der Waals surface area contributed by atoms with Gasteiger partial charge in [-0.25, -0.2) is 9.78 Å². The normalized spacial score (nSPS) is 20.6. The summed E-state index contributed by atoms with van der Waals surface area (Å²) in [5.41, 5.74) is 1.65. The number of pyridine rings is 1. The lowest BCUT2D eigenvalue weighted by Crippen LogP contribution is -2.46. The molecule has 0 radical (unpaired) electrons. The zero-order valence-corrected chi connectivity index (χ0v) is 23.6. The van der Waals surface area contributed by atoms with Crippen molar-refractivity contribution in [3.8, 4) is 11.5 Å². The summed E-state index contributed by atoms with van der Waals surface area (Å²) in [6.07, 6.45) is 1.59. The maximum atomic E-state index is 13.4. The molecule has 42 heavy (non-hydrogen) atoms. The third-order valence-electron chi connectivity index (χ3n) is 6.68. The molecule has 220 valence electrons. The summed E-state index contributed by atoms with van der Waals surface area (Å²) in [6, 6.07) is 19.0. The maximum absolute atomic E-state index is 13.4. The van der Waals surface area contributed by atoms with Crippen molar-refractivity contribution in [2.24, 2.45) is 5.92 Å². The number of aromatic nitrogens is 1. The molecular weight excluding hydrogens is 540 g/mol. The summed E-state index contributed by atoms with van der Waals surface area (Å²) >= 11 is 0. The van der Waals surface area contributed by atoms with Crippen molar-refractivity contribution in [1.82, 2.24) is 10.3 Å². The molecule has 1 aliphatic heterocycles. The second-order valence-corrected chi connectivity index (χ2v) is 9.65. The lowest BCUT2D eigenvalue weighted by molar-refractivity contribution is -0.163. The van der Waals surface area contributed by atoms with Gasteiger partial charge < -0.3 is 29.0 Å². The lowest BCUT2D eigenvalue weighted by atomic mass is 9.91. The third kappa shape index (κ3) is 7.73. The number of esters is 2. The van der Waals surface area contributed by atoms with Crippen LogP contribution in [0.3, 0.4) is 0 Å². The minimum Gasteiger partial charge on any atom is -0.493 e. The number of ether oxygens (including phenoxy) is 5. The number of hydrogen-bond acceptors (Lipinski definition) is 9. The SMILES string of the molecule is C=CCO[C@H]1[C@H](C)OC(=O)[C@@H](NC(=O)c2nccc(OC)c2OCc2ccccc2)COC(=O)[C@@H]1Cc1ccccc1. The van der Waals surface area contributed by atoms with Crippen molar-refractivity contribution in [1.29, 1.82) is 0 Å². The predicted molar refractivity (Wildman–Crippen MR) is 153 cm³/mol.